The number of ketones is 1. The van der Waals surface area contributed by atoms with Gasteiger partial charge in [-0.05, 0) is 67.7 Å². The summed E-state index contributed by atoms with van der Waals surface area (Å²) in [4.78, 5) is 34.7. The first-order chi connectivity index (χ1) is 18.1. The summed E-state index contributed by atoms with van der Waals surface area (Å²) in [6.45, 7) is 6.11. The summed E-state index contributed by atoms with van der Waals surface area (Å²) >= 11 is 5.63. The zero-order chi connectivity index (χ0) is 28.5. The molecule has 6 nitrogen and oxygen atoms in total. The number of carbonyl (C=O) groups excluding carboxylic acids is 2. The summed E-state index contributed by atoms with van der Waals surface area (Å²) < 4.78 is 13.7. The number of hydrogen-bond donors (Lipinski definition) is 3. The molecule has 0 saturated carbocycles. The molecule has 0 spiro atoms. The molecule has 0 bridgehead atoms. The molecule has 0 saturated heterocycles. The minimum atomic E-state index is -0.982. The summed E-state index contributed by atoms with van der Waals surface area (Å²) in [5.41, 5.74) is 7.57. The quantitative estimate of drug-likeness (QED) is 0.232. The lowest BCUT2D eigenvalue weighted by Crippen LogP contribution is -2.25. The van der Waals surface area contributed by atoms with E-state index >= 15 is 0 Å². The van der Waals surface area contributed by atoms with E-state index in [1.54, 1.807) is 37.3 Å². The van der Waals surface area contributed by atoms with E-state index in [9.17, 15) is 18.8 Å². The molecule has 2 aromatic rings. The fourth-order valence-electron chi connectivity index (χ4n) is 3.16. The average molecular weight is 545 g/mol. The van der Waals surface area contributed by atoms with Crippen LogP contribution in [0, 0.1) is 12.7 Å². The Labute approximate surface area is 229 Å². The van der Waals surface area contributed by atoms with Crippen molar-refractivity contribution in [2.75, 3.05) is 12.3 Å². The Morgan fingerprint density at radius 1 is 1.08 bits per heavy atom. The molecule has 1 aliphatic carbocycles. The number of aliphatic carboxylic acids is 1. The van der Waals surface area contributed by atoms with Crippen LogP contribution in [0.3, 0.4) is 0 Å². The van der Waals surface area contributed by atoms with Gasteiger partial charge in [-0.25, -0.2) is 4.39 Å². The number of unbranched alkanes of at least 4 members (excludes halogenated alkanes) is 1. The van der Waals surface area contributed by atoms with Gasteiger partial charge in [0.1, 0.15) is 5.82 Å². The highest BCUT2D eigenvalue weighted by Crippen LogP contribution is 2.21. The monoisotopic (exact) mass is 544 g/mol. The van der Waals surface area contributed by atoms with Gasteiger partial charge >= 0.3 is 5.97 Å². The number of carbonyl (C=O) groups is 3. The lowest BCUT2D eigenvalue weighted by molar-refractivity contribution is -0.136. The number of hydrogen-bond acceptors (Lipinski definition) is 4. The Hall–Kier alpha value is -3.45. The number of anilines is 1. The molecular weight excluding hydrogens is 507 g/mol. The van der Waals surface area contributed by atoms with Crippen LogP contribution in [0.15, 0.2) is 59.7 Å². The number of aryl methyl sites for hydroxylation is 2. The third kappa shape index (κ3) is 12.7. The molecule has 206 valence electrons. The predicted molar refractivity (Wildman–Crippen MR) is 152 cm³/mol. The largest absolute Gasteiger partial charge is 0.481 e. The highest BCUT2D eigenvalue weighted by Gasteiger charge is 2.14. The molecule has 1 aliphatic rings. The van der Waals surface area contributed by atoms with Crippen molar-refractivity contribution in [1.29, 1.82) is 0 Å². The van der Waals surface area contributed by atoms with E-state index in [4.69, 9.17) is 22.4 Å². The second-order valence-electron chi connectivity index (χ2n) is 8.81. The topological polar surface area (TPSA) is 109 Å². The first kappa shape index (κ1) is 32.6. The number of nitrogen functional groups attached to an aromatic ring is 1. The van der Waals surface area contributed by atoms with Crippen molar-refractivity contribution in [2.45, 2.75) is 65.7 Å². The summed E-state index contributed by atoms with van der Waals surface area (Å²) in [5.74, 6) is -2.19. The van der Waals surface area contributed by atoms with E-state index in [-0.39, 0.29) is 42.3 Å². The van der Waals surface area contributed by atoms with Crippen molar-refractivity contribution < 1.29 is 23.9 Å². The van der Waals surface area contributed by atoms with Gasteiger partial charge in [-0.2, -0.15) is 0 Å². The smallest absolute Gasteiger partial charge is 0.305 e. The van der Waals surface area contributed by atoms with Crippen molar-refractivity contribution in [3.8, 4) is 0 Å². The molecule has 0 aromatic heterocycles. The van der Waals surface area contributed by atoms with Gasteiger partial charge in [0.25, 0.3) is 5.91 Å². The van der Waals surface area contributed by atoms with Crippen molar-refractivity contribution in [1.82, 2.24) is 5.32 Å². The molecule has 4 N–H and O–H groups in total. The van der Waals surface area contributed by atoms with Crippen LogP contribution in [0.1, 0.15) is 84.2 Å². The van der Waals surface area contributed by atoms with Gasteiger partial charge in [-0.15, -0.1) is 0 Å². The van der Waals surface area contributed by atoms with Gasteiger partial charge in [0.2, 0.25) is 0 Å². The molecule has 38 heavy (non-hydrogen) atoms. The van der Waals surface area contributed by atoms with Gasteiger partial charge in [0.05, 0.1) is 12.1 Å². The third-order valence-electron chi connectivity index (χ3n) is 5.52. The number of carboxylic acids is 1. The van der Waals surface area contributed by atoms with Crippen LogP contribution in [-0.4, -0.2) is 29.3 Å². The number of amides is 1. The van der Waals surface area contributed by atoms with Crippen LogP contribution >= 0.6 is 11.6 Å². The summed E-state index contributed by atoms with van der Waals surface area (Å²) in [6.07, 6.45) is 11.3. The van der Waals surface area contributed by atoms with Crippen molar-refractivity contribution in [3.63, 3.8) is 0 Å². The lowest BCUT2D eigenvalue weighted by Gasteiger charge is -2.08. The van der Waals surface area contributed by atoms with Crippen LogP contribution in [-0.2, 0) is 11.2 Å². The minimum Gasteiger partial charge on any atom is -0.481 e. The standard InChI is InChI=1S/C20H21FN2O4.C6H7Cl.C4H10/c1-12-10-15(19(22)16(21)11-12)17(24)7-4-13-2-5-14(6-3-13)20(27)23-9-8-18(25)26;7-6-4-2-1-3-5-6;1-3-4-2/h2-3,5-6,10-11H,4,7-9,22H2,1H3,(H,23,27)(H,25,26);1-2,4H,3,5H2;3-4H2,1-2H3. The Morgan fingerprint density at radius 2 is 1.74 bits per heavy atom. The normalized spacial score (nSPS) is 11.8. The van der Waals surface area contributed by atoms with E-state index in [0.717, 1.165) is 23.4 Å². The Bertz CT molecular complexity index is 1130. The van der Waals surface area contributed by atoms with Crippen LogP contribution in [0.4, 0.5) is 10.1 Å². The van der Waals surface area contributed by atoms with E-state index in [1.807, 2.05) is 12.2 Å². The Balaban J connectivity index is 0.000000543. The van der Waals surface area contributed by atoms with Gasteiger partial charge in [0, 0.05) is 29.1 Å². The maximum absolute atomic E-state index is 13.7. The SMILES string of the molecule is CCCC.Cc1cc(F)c(N)c(C(=O)CCc2ccc(C(=O)NCCC(=O)O)cc2)c1.ClC1=CC=CCC1. The summed E-state index contributed by atoms with van der Waals surface area (Å²) in [6, 6.07) is 9.52. The molecule has 1 amide bonds. The number of allylic oxidation sites excluding steroid dienone is 4. The van der Waals surface area contributed by atoms with Gasteiger partial charge in [0.15, 0.2) is 5.78 Å². The van der Waals surface area contributed by atoms with Crippen LogP contribution in [0.25, 0.3) is 0 Å². The van der Waals surface area contributed by atoms with Crippen LogP contribution in [0.5, 0.6) is 0 Å². The molecule has 0 atom stereocenters. The summed E-state index contributed by atoms with van der Waals surface area (Å²) in [7, 11) is 0. The average Bonchev–Trinajstić information content (AvgIpc) is 2.90. The first-order valence-corrected chi connectivity index (χ1v) is 13.2. The molecule has 8 heteroatoms. The zero-order valence-electron chi connectivity index (χ0n) is 22.4. The number of halogens is 2. The predicted octanol–water partition coefficient (Wildman–Crippen LogP) is 7.00. The first-order valence-electron chi connectivity index (χ1n) is 12.8. The van der Waals surface area contributed by atoms with Crippen molar-refractivity contribution >= 4 is 34.9 Å². The maximum Gasteiger partial charge on any atom is 0.305 e. The fourth-order valence-corrected chi connectivity index (χ4v) is 3.34. The molecular formula is C30H38ClFN2O4. The number of rotatable bonds is 9. The minimum absolute atomic E-state index is 0.0545. The van der Waals surface area contributed by atoms with E-state index in [0.29, 0.717) is 17.5 Å². The molecule has 0 aliphatic heterocycles. The lowest BCUT2D eigenvalue weighted by atomic mass is 9.99. The number of nitrogens with two attached hydrogens (primary N) is 1. The molecule has 0 radical (unpaired) electrons. The molecule has 2 aromatic carbocycles. The third-order valence-corrected chi connectivity index (χ3v) is 5.83. The van der Waals surface area contributed by atoms with Gasteiger partial charge in [-0.3, -0.25) is 14.4 Å². The van der Waals surface area contributed by atoms with Crippen molar-refractivity contribution in [2.24, 2.45) is 0 Å². The molecule has 0 unspecified atom stereocenters. The Morgan fingerprint density at radius 3 is 2.24 bits per heavy atom. The van der Waals surface area contributed by atoms with Gasteiger partial charge in [-0.1, -0.05) is 62.6 Å². The van der Waals surface area contributed by atoms with E-state index in [1.165, 1.54) is 18.9 Å². The maximum atomic E-state index is 13.7. The van der Waals surface area contributed by atoms with E-state index in [2.05, 4.69) is 25.2 Å². The van der Waals surface area contributed by atoms with E-state index < -0.39 is 11.8 Å². The van der Waals surface area contributed by atoms with Crippen LogP contribution < -0.4 is 11.1 Å². The van der Waals surface area contributed by atoms with Crippen molar-refractivity contribution in [3.05, 3.63) is 87.7 Å². The zero-order valence-corrected chi connectivity index (χ0v) is 23.1. The number of nitrogens with one attached hydrogen (secondary N) is 1. The molecule has 0 heterocycles. The highest BCUT2D eigenvalue weighted by molar-refractivity contribution is 6.29. The summed E-state index contributed by atoms with van der Waals surface area (Å²) in [5, 5.41) is 12.0. The fraction of sp³-hybridized carbons (Fsp3) is 0.367. The van der Waals surface area contributed by atoms with Gasteiger partial charge < -0.3 is 16.2 Å². The second kappa shape index (κ2) is 17.9. The van der Waals surface area contributed by atoms with Crippen LogP contribution in [0.2, 0.25) is 0 Å². The number of benzene rings is 2. The highest BCUT2D eigenvalue weighted by atomic mass is 35.5. The second-order valence-corrected chi connectivity index (χ2v) is 9.29. The number of Topliss-reactive ketones (excluding diaryl/α,β-unsaturated/α-hetero) is 1. The number of carboxylic acid groups (broad SMARTS) is 1. The Kier molecular flexibility index (Phi) is 15.4. The molecule has 3 rings (SSSR count). The molecule has 0 fully saturated rings.